The van der Waals surface area contributed by atoms with Crippen molar-refractivity contribution in [2.45, 2.75) is 37.0 Å². The number of furan rings is 1. The van der Waals surface area contributed by atoms with Crippen molar-refractivity contribution in [3.05, 3.63) is 24.2 Å². The zero-order valence-electron chi connectivity index (χ0n) is 7.00. The lowest BCUT2D eigenvalue weighted by Crippen LogP contribution is -2.13. The van der Waals surface area contributed by atoms with Gasteiger partial charge in [0.25, 0.3) is 0 Å². The molecular weight excluding hydrogens is 172 g/mol. The first-order valence-corrected chi connectivity index (χ1v) is 4.96. The molecule has 1 aliphatic rings. The van der Waals surface area contributed by atoms with Crippen molar-refractivity contribution in [1.29, 1.82) is 0 Å². The van der Waals surface area contributed by atoms with E-state index < -0.39 is 0 Å². The van der Waals surface area contributed by atoms with E-state index in [1.165, 1.54) is 24.8 Å². The normalized spacial score (nSPS) is 30.4. The molecule has 1 heterocycles. The second kappa shape index (κ2) is 3.53. The van der Waals surface area contributed by atoms with Crippen LogP contribution >= 0.6 is 11.6 Å². The minimum absolute atomic E-state index is 0.374. The van der Waals surface area contributed by atoms with Gasteiger partial charge in [-0.2, -0.15) is 0 Å². The van der Waals surface area contributed by atoms with E-state index >= 15 is 0 Å². The van der Waals surface area contributed by atoms with Crippen molar-refractivity contribution >= 4 is 11.6 Å². The lowest BCUT2D eigenvalue weighted by atomic mass is 9.85. The molecule has 0 N–H and O–H groups in total. The van der Waals surface area contributed by atoms with Gasteiger partial charge < -0.3 is 4.42 Å². The fraction of sp³-hybridized carbons (Fsp3) is 0.600. The number of hydrogen-bond donors (Lipinski definition) is 0. The Bertz CT molecular complexity index is 230. The fourth-order valence-electron chi connectivity index (χ4n) is 1.94. The van der Waals surface area contributed by atoms with E-state index in [0.717, 1.165) is 6.42 Å². The zero-order valence-corrected chi connectivity index (χ0v) is 7.76. The van der Waals surface area contributed by atoms with Gasteiger partial charge in [-0.05, 0) is 36.8 Å². The summed E-state index contributed by atoms with van der Waals surface area (Å²) in [5.41, 5.74) is 1.32. The Morgan fingerprint density at radius 1 is 1.42 bits per heavy atom. The van der Waals surface area contributed by atoms with Crippen LogP contribution < -0.4 is 0 Å². The summed E-state index contributed by atoms with van der Waals surface area (Å²) in [5.74, 6) is 0.639. The van der Waals surface area contributed by atoms with Crippen molar-refractivity contribution in [2.24, 2.45) is 0 Å². The van der Waals surface area contributed by atoms with Gasteiger partial charge in [0, 0.05) is 5.38 Å². The van der Waals surface area contributed by atoms with Crippen LogP contribution in [-0.4, -0.2) is 5.38 Å². The van der Waals surface area contributed by atoms with Crippen LogP contribution in [-0.2, 0) is 0 Å². The smallest absolute Gasteiger partial charge is 0.0937 e. The van der Waals surface area contributed by atoms with E-state index in [2.05, 4.69) is 6.07 Å². The van der Waals surface area contributed by atoms with E-state index in [1.807, 2.05) is 6.26 Å². The Labute approximate surface area is 77.7 Å². The molecule has 0 radical (unpaired) electrons. The maximum Gasteiger partial charge on any atom is 0.0937 e. The third kappa shape index (κ3) is 1.66. The SMILES string of the molecule is ClC1CCCC(c2ccoc2)C1. The Morgan fingerprint density at radius 2 is 2.33 bits per heavy atom. The van der Waals surface area contributed by atoms with Crippen molar-refractivity contribution < 1.29 is 4.42 Å². The highest BCUT2D eigenvalue weighted by atomic mass is 35.5. The molecule has 2 heteroatoms. The highest BCUT2D eigenvalue weighted by molar-refractivity contribution is 6.20. The average molecular weight is 185 g/mol. The number of rotatable bonds is 1. The number of hydrogen-bond acceptors (Lipinski definition) is 1. The van der Waals surface area contributed by atoms with Crippen LogP contribution in [0.25, 0.3) is 0 Å². The van der Waals surface area contributed by atoms with Gasteiger partial charge in [0.05, 0.1) is 12.5 Å². The van der Waals surface area contributed by atoms with Gasteiger partial charge in [0.2, 0.25) is 0 Å². The van der Waals surface area contributed by atoms with Crippen LogP contribution in [0.15, 0.2) is 23.0 Å². The molecule has 0 spiro atoms. The predicted molar refractivity (Wildman–Crippen MR) is 49.6 cm³/mol. The van der Waals surface area contributed by atoms with Gasteiger partial charge in [0.1, 0.15) is 0 Å². The van der Waals surface area contributed by atoms with Crippen molar-refractivity contribution in [2.75, 3.05) is 0 Å². The highest BCUT2D eigenvalue weighted by Crippen LogP contribution is 2.35. The first-order chi connectivity index (χ1) is 5.86. The highest BCUT2D eigenvalue weighted by Gasteiger charge is 2.21. The fourth-order valence-corrected chi connectivity index (χ4v) is 2.31. The first-order valence-electron chi connectivity index (χ1n) is 4.52. The summed E-state index contributed by atoms with van der Waals surface area (Å²) in [6.45, 7) is 0. The van der Waals surface area contributed by atoms with Gasteiger partial charge >= 0.3 is 0 Å². The van der Waals surface area contributed by atoms with E-state index in [4.69, 9.17) is 16.0 Å². The van der Waals surface area contributed by atoms with Crippen LogP contribution in [0.4, 0.5) is 0 Å². The van der Waals surface area contributed by atoms with E-state index in [1.54, 1.807) is 6.26 Å². The maximum absolute atomic E-state index is 6.10. The van der Waals surface area contributed by atoms with Gasteiger partial charge in [-0.1, -0.05) is 6.42 Å². The third-order valence-corrected chi connectivity index (χ3v) is 3.02. The van der Waals surface area contributed by atoms with Crippen LogP contribution in [0.1, 0.15) is 37.2 Å². The lowest BCUT2D eigenvalue weighted by Gasteiger charge is -2.24. The maximum atomic E-state index is 6.10. The Balaban J connectivity index is 2.04. The molecule has 2 rings (SSSR count). The average Bonchev–Trinajstić information content (AvgIpc) is 2.56. The van der Waals surface area contributed by atoms with Crippen LogP contribution in [0, 0.1) is 0 Å². The molecular formula is C10H13ClO. The van der Waals surface area contributed by atoms with Gasteiger partial charge in [-0.3, -0.25) is 0 Å². The van der Waals surface area contributed by atoms with Crippen LogP contribution in [0.3, 0.4) is 0 Å². The Kier molecular flexibility index (Phi) is 2.40. The van der Waals surface area contributed by atoms with Gasteiger partial charge in [-0.25, -0.2) is 0 Å². The van der Waals surface area contributed by atoms with Crippen molar-refractivity contribution in [3.8, 4) is 0 Å². The summed E-state index contributed by atoms with van der Waals surface area (Å²) >= 11 is 6.10. The third-order valence-electron chi connectivity index (χ3n) is 2.62. The summed E-state index contributed by atoms with van der Waals surface area (Å²) in [6.07, 6.45) is 8.40. The molecule has 1 saturated carbocycles. The molecule has 1 aromatic heterocycles. The molecule has 1 fully saturated rings. The molecule has 0 saturated heterocycles. The molecule has 0 aliphatic heterocycles. The molecule has 2 unspecified atom stereocenters. The molecule has 66 valence electrons. The molecule has 0 bridgehead atoms. The Hall–Kier alpha value is -0.430. The molecule has 0 aromatic carbocycles. The molecule has 1 aliphatic carbocycles. The predicted octanol–water partition coefficient (Wildman–Crippen LogP) is 3.54. The quantitative estimate of drug-likeness (QED) is 0.609. The second-order valence-electron chi connectivity index (χ2n) is 3.52. The van der Waals surface area contributed by atoms with Crippen LogP contribution in [0.2, 0.25) is 0 Å². The number of alkyl halides is 1. The van der Waals surface area contributed by atoms with Crippen LogP contribution in [0.5, 0.6) is 0 Å². The molecule has 1 nitrogen and oxygen atoms in total. The number of halogens is 1. The van der Waals surface area contributed by atoms with Gasteiger partial charge in [0.15, 0.2) is 0 Å². The van der Waals surface area contributed by atoms with E-state index in [9.17, 15) is 0 Å². The molecule has 12 heavy (non-hydrogen) atoms. The largest absolute Gasteiger partial charge is 0.472 e. The Morgan fingerprint density at radius 3 is 3.00 bits per heavy atom. The summed E-state index contributed by atoms with van der Waals surface area (Å²) in [4.78, 5) is 0. The summed E-state index contributed by atoms with van der Waals surface area (Å²) in [7, 11) is 0. The lowest BCUT2D eigenvalue weighted by molar-refractivity contribution is 0.445. The summed E-state index contributed by atoms with van der Waals surface area (Å²) < 4.78 is 5.06. The first kappa shape index (κ1) is 8.18. The minimum Gasteiger partial charge on any atom is -0.472 e. The zero-order chi connectivity index (χ0) is 8.39. The standard InChI is InChI=1S/C10H13ClO/c11-10-3-1-2-8(6-10)9-4-5-12-7-9/h4-5,7-8,10H,1-3,6H2. The summed E-state index contributed by atoms with van der Waals surface area (Å²) in [6, 6.07) is 2.06. The second-order valence-corrected chi connectivity index (χ2v) is 4.13. The minimum atomic E-state index is 0.374. The van der Waals surface area contributed by atoms with Crippen molar-refractivity contribution in [3.63, 3.8) is 0 Å². The summed E-state index contributed by atoms with van der Waals surface area (Å²) in [5, 5.41) is 0.374. The van der Waals surface area contributed by atoms with E-state index in [0.29, 0.717) is 11.3 Å². The van der Waals surface area contributed by atoms with Gasteiger partial charge in [-0.15, -0.1) is 11.6 Å². The molecule has 2 atom stereocenters. The van der Waals surface area contributed by atoms with Crippen molar-refractivity contribution in [1.82, 2.24) is 0 Å². The molecule has 1 aromatic rings. The van der Waals surface area contributed by atoms with E-state index in [-0.39, 0.29) is 0 Å². The molecule has 0 amide bonds. The monoisotopic (exact) mass is 184 g/mol. The topological polar surface area (TPSA) is 13.1 Å².